The van der Waals surface area contributed by atoms with E-state index in [0.29, 0.717) is 19.5 Å². The molecule has 3 aromatic carbocycles. The average molecular weight is 456 g/mol. The van der Waals surface area contributed by atoms with Crippen molar-refractivity contribution in [2.45, 2.75) is 58.0 Å². The molecule has 0 spiro atoms. The highest BCUT2D eigenvalue weighted by molar-refractivity contribution is 5.68. The Labute approximate surface area is 203 Å². The van der Waals surface area contributed by atoms with Crippen molar-refractivity contribution < 1.29 is 9.53 Å². The van der Waals surface area contributed by atoms with E-state index < -0.39 is 17.7 Å². The van der Waals surface area contributed by atoms with Gasteiger partial charge < -0.3 is 10.1 Å². The monoisotopic (exact) mass is 455 g/mol. The molecule has 1 N–H and O–H groups in total. The Hall–Kier alpha value is -3.62. The number of nitrogens with one attached hydrogen (secondary N) is 1. The molecule has 0 aliphatic carbocycles. The van der Waals surface area contributed by atoms with Crippen LogP contribution in [-0.4, -0.2) is 28.7 Å². The van der Waals surface area contributed by atoms with Crippen LogP contribution in [-0.2, 0) is 24.2 Å². The predicted octanol–water partition coefficient (Wildman–Crippen LogP) is 5.72. The van der Waals surface area contributed by atoms with Gasteiger partial charge in [0.25, 0.3) is 0 Å². The summed E-state index contributed by atoms with van der Waals surface area (Å²) in [4.78, 5) is 14.9. The first-order valence-corrected chi connectivity index (χ1v) is 11.6. The Morgan fingerprint density at radius 1 is 0.853 bits per heavy atom. The van der Waals surface area contributed by atoms with Gasteiger partial charge in [0.2, 0.25) is 0 Å². The molecule has 2 unspecified atom stereocenters. The van der Waals surface area contributed by atoms with Crippen LogP contribution in [0.1, 0.15) is 37.5 Å². The SMILES string of the molecule is CC(C)(C)OC(=O)NC(C#N)C(Cc1ccccc1)N(Cc1ccccc1)Cc1ccccc1. The van der Waals surface area contributed by atoms with Crippen molar-refractivity contribution in [3.63, 3.8) is 0 Å². The van der Waals surface area contributed by atoms with Gasteiger partial charge in [-0.3, -0.25) is 4.90 Å². The van der Waals surface area contributed by atoms with Crippen molar-refractivity contribution >= 4 is 6.09 Å². The van der Waals surface area contributed by atoms with Gasteiger partial charge in [0.1, 0.15) is 11.6 Å². The van der Waals surface area contributed by atoms with Gasteiger partial charge in [-0.15, -0.1) is 0 Å². The zero-order valence-corrected chi connectivity index (χ0v) is 20.1. The van der Waals surface area contributed by atoms with Crippen LogP contribution in [0.3, 0.4) is 0 Å². The molecule has 0 fully saturated rings. The zero-order chi connectivity index (χ0) is 24.4. The van der Waals surface area contributed by atoms with Crippen molar-refractivity contribution in [2.75, 3.05) is 0 Å². The second-order valence-electron chi connectivity index (χ2n) is 9.39. The molecular weight excluding hydrogens is 422 g/mol. The largest absolute Gasteiger partial charge is 0.444 e. The Morgan fingerprint density at radius 2 is 1.29 bits per heavy atom. The predicted molar refractivity (Wildman–Crippen MR) is 135 cm³/mol. The summed E-state index contributed by atoms with van der Waals surface area (Å²) >= 11 is 0. The molecule has 5 heteroatoms. The lowest BCUT2D eigenvalue weighted by Crippen LogP contribution is -2.52. The van der Waals surface area contributed by atoms with Crippen molar-refractivity contribution in [1.82, 2.24) is 10.2 Å². The summed E-state index contributed by atoms with van der Waals surface area (Å²) in [5, 5.41) is 13.0. The zero-order valence-electron chi connectivity index (χ0n) is 20.1. The molecule has 0 bridgehead atoms. The number of ether oxygens (including phenoxy) is 1. The van der Waals surface area contributed by atoms with E-state index in [1.54, 1.807) is 0 Å². The third-order valence-corrected chi connectivity index (χ3v) is 5.41. The van der Waals surface area contributed by atoms with E-state index in [1.165, 1.54) is 0 Å². The molecule has 2 atom stereocenters. The molecule has 3 aromatic rings. The Bertz CT molecular complexity index is 1020. The van der Waals surface area contributed by atoms with Crippen LogP contribution in [0.25, 0.3) is 0 Å². The lowest BCUT2D eigenvalue weighted by molar-refractivity contribution is 0.0476. The fourth-order valence-electron chi connectivity index (χ4n) is 3.89. The maximum Gasteiger partial charge on any atom is 0.408 e. The summed E-state index contributed by atoms with van der Waals surface area (Å²) in [6, 6.07) is 31.8. The van der Waals surface area contributed by atoms with E-state index >= 15 is 0 Å². The third-order valence-electron chi connectivity index (χ3n) is 5.41. The third kappa shape index (κ3) is 8.06. The molecular formula is C29H33N3O2. The molecule has 1 amide bonds. The van der Waals surface area contributed by atoms with Gasteiger partial charge in [-0.25, -0.2) is 4.79 Å². The lowest BCUT2D eigenvalue weighted by atomic mass is 9.97. The minimum absolute atomic E-state index is 0.277. The Balaban J connectivity index is 1.95. The van der Waals surface area contributed by atoms with Crippen LogP contribution >= 0.6 is 0 Å². The molecule has 5 nitrogen and oxygen atoms in total. The highest BCUT2D eigenvalue weighted by Gasteiger charge is 2.31. The minimum atomic E-state index is -0.762. The fraction of sp³-hybridized carbons (Fsp3) is 0.310. The number of carbonyl (C=O) groups excluding carboxylic acids is 1. The van der Waals surface area contributed by atoms with Crippen LogP contribution in [0.4, 0.5) is 4.79 Å². The molecule has 0 heterocycles. The van der Waals surface area contributed by atoms with E-state index in [-0.39, 0.29) is 6.04 Å². The number of benzene rings is 3. The Morgan fingerprint density at radius 3 is 1.71 bits per heavy atom. The molecule has 0 radical (unpaired) electrons. The number of alkyl carbamates (subject to hydrolysis) is 1. The topological polar surface area (TPSA) is 65.4 Å². The summed E-state index contributed by atoms with van der Waals surface area (Å²) in [5.41, 5.74) is 2.74. The van der Waals surface area contributed by atoms with E-state index in [9.17, 15) is 10.1 Å². The molecule has 0 aliphatic heterocycles. The number of nitrogens with zero attached hydrogens (tertiary/aromatic N) is 2. The standard InChI is InChI=1S/C29H33N3O2/c1-29(2,3)34-28(33)31-26(20-30)27(19-23-13-7-4-8-14-23)32(21-24-15-9-5-10-16-24)22-25-17-11-6-12-18-25/h4-18,26-27H,19,21-22H2,1-3H3,(H,31,33). The van der Waals surface area contributed by atoms with Crippen molar-refractivity contribution in [3.8, 4) is 6.07 Å². The van der Waals surface area contributed by atoms with E-state index in [4.69, 9.17) is 4.74 Å². The van der Waals surface area contributed by atoms with Crippen LogP contribution in [0.15, 0.2) is 91.0 Å². The van der Waals surface area contributed by atoms with Crippen molar-refractivity contribution in [1.29, 1.82) is 5.26 Å². The lowest BCUT2D eigenvalue weighted by Gasteiger charge is -2.35. The van der Waals surface area contributed by atoms with Crippen LogP contribution < -0.4 is 5.32 Å². The number of amides is 1. The van der Waals surface area contributed by atoms with E-state index in [1.807, 2.05) is 75.4 Å². The normalized spacial score (nSPS) is 13.0. The first kappa shape index (κ1) is 25.0. The Kier molecular flexibility index (Phi) is 8.84. The van der Waals surface area contributed by atoms with E-state index in [2.05, 4.69) is 52.7 Å². The summed E-state index contributed by atoms with van der Waals surface area (Å²) in [7, 11) is 0. The molecule has 0 saturated carbocycles. The molecule has 0 saturated heterocycles. The van der Waals surface area contributed by atoms with Crippen LogP contribution in [0.2, 0.25) is 0 Å². The summed E-state index contributed by atoms with van der Waals surface area (Å²) < 4.78 is 5.47. The first-order chi connectivity index (χ1) is 16.3. The molecule has 0 aromatic heterocycles. The van der Waals surface area contributed by atoms with Crippen LogP contribution in [0, 0.1) is 11.3 Å². The second kappa shape index (κ2) is 12.0. The number of rotatable bonds is 9. The van der Waals surface area contributed by atoms with Gasteiger partial charge in [0.15, 0.2) is 0 Å². The van der Waals surface area contributed by atoms with Gasteiger partial charge in [-0.1, -0.05) is 91.0 Å². The number of hydrogen-bond donors (Lipinski definition) is 1. The van der Waals surface area contributed by atoms with Crippen molar-refractivity contribution in [3.05, 3.63) is 108 Å². The molecule has 34 heavy (non-hydrogen) atoms. The molecule has 3 rings (SSSR count). The highest BCUT2D eigenvalue weighted by Crippen LogP contribution is 2.20. The van der Waals surface area contributed by atoms with Gasteiger partial charge in [0, 0.05) is 19.1 Å². The second-order valence-corrected chi connectivity index (χ2v) is 9.39. The first-order valence-electron chi connectivity index (χ1n) is 11.6. The van der Waals surface area contributed by atoms with Gasteiger partial charge >= 0.3 is 6.09 Å². The van der Waals surface area contributed by atoms with Gasteiger partial charge in [0.05, 0.1) is 6.07 Å². The number of nitriles is 1. The molecule has 0 aliphatic rings. The summed E-state index contributed by atoms with van der Waals surface area (Å²) in [5.74, 6) is 0. The highest BCUT2D eigenvalue weighted by atomic mass is 16.6. The summed E-state index contributed by atoms with van der Waals surface area (Å²) in [6.45, 7) is 6.72. The van der Waals surface area contributed by atoms with Crippen LogP contribution in [0.5, 0.6) is 0 Å². The average Bonchev–Trinajstić information content (AvgIpc) is 2.82. The maximum absolute atomic E-state index is 12.6. The quantitative estimate of drug-likeness (QED) is 0.448. The van der Waals surface area contributed by atoms with Crippen molar-refractivity contribution in [2.24, 2.45) is 0 Å². The summed E-state index contributed by atoms with van der Waals surface area (Å²) in [6.07, 6.45) is 0.0191. The number of carbonyl (C=O) groups is 1. The minimum Gasteiger partial charge on any atom is -0.444 e. The smallest absolute Gasteiger partial charge is 0.408 e. The van der Waals surface area contributed by atoms with Gasteiger partial charge in [-0.2, -0.15) is 5.26 Å². The van der Waals surface area contributed by atoms with Gasteiger partial charge in [-0.05, 0) is 43.9 Å². The van der Waals surface area contributed by atoms with E-state index in [0.717, 1.165) is 16.7 Å². The molecule has 176 valence electrons. The maximum atomic E-state index is 12.6. The number of hydrogen-bond acceptors (Lipinski definition) is 4. The fourth-order valence-corrected chi connectivity index (χ4v) is 3.89.